The molecule has 0 atom stereocenters. The first kappa shape index (κ1) is 11.1. The number of anilines is 1. The second kappa shape index (κ2) is 5.12. The Labute approximate surface area is 98.9 Å². The van der Waals surface area contributed by atoms with Gasteiger partial charge in [-0.05, 0) is 19.8 Å². The van der Waals surface area contributed by atoms with Gasteiger partial charge >= 0.3 is 0 Å². The Morgan fingerprint density at radius 3 is 3.06 bits per heavy atom. The fraction of sp³-hybridized carbons (Fsp3) is 0.500. The zero-order chi connectivity index (χ0) is 11.4. The first-order valence-electron chi connectivity index (χ1n) is 5.29. The quantitative estimate of drug-likeness (QED) is 0.639. The van der Waals surface area contributed by atoms with Crippen LogP contribution in [0, 0.1) is 6.92 Å². The van der Waals surface area contributed by atoms with Crippen LogP contribution in [0.4, 0.5) is 5.82 Å². The molecule has 0 aliphatic rings. The number of unbranched alkanes of at least 4 members (excludes halogenated alkanes) is 1. The molecule has 2 rings (SSSR count). The average molecular weight is 240 g/mol. The lowest BCUT2D eigenvalue weighted by Gasteiger charge is -2.05. The van der Waals surface area contributed by atoms with Crippen molar-refractivity contribution in [2.24, 2.45) is 0 Å². The fourth-order valence-corrected chi connectivity index (χ4v) is 1.68. The van der Waals surface area contributed by atoms with E-state index in [0.29, 0.717) is 5.88 Å². The van der Waals surface area contributed by atoms with Gasteiger partial charge in [0.2, 0.25) is 5.65 Å². The first-order chi connectivity index (χ1) is 7.83. The van der Waals surface area contributed by atoms with E-state index in [1.807, 2.05) is 17.5 Å². The Bertz CT molecular complexity index is 467. The van der Waals surface area contributed by atoms with Crippen LogP contribution in [-0.4, -0.2) is 32.0 Å². The third-order valence-corrected chi connectivity index (χ3v) is 2.62. The zero-order valence-electron chi connectivity index (χ0n) is 9.15. The summed E-state index contributed by atoms with van der Waals surface area (Å²) >= 11 is 5.61. The third kappa shape index (κ3) is 2.24. The van der Waals surface area contributed by atoms with Gasteiger partial charge in [0.25, 0.3) is 0 Å². The summed E-state index contributed by atoms with van der Waals surface area (Å²) in [7, 11) is 0. The summed E-state index contributed by atoms with van der Waals surface area (Å²) in [6.07, 6.45) is 5.63. The lowest BCUT2D eigenvalue weighted by molar-refractivity contribution is 0.835. The fourth-order valence-electron chi connectivity index (χ4n) is 1.49. The second-order valence-corrected chi connectivity index (χ2v) is 3.92. The molecule has 0 aromatic carbocycles. The molecule has 0 aliphatic heterocycles. The Morgan fingerprint density at radius 2 is 2.25 bits per heavy atom. The maximum Gasteiger partial charge on any atom is 0.203 e. The molecular formula is C10H14ClN5. The second-order valence-electron chi connectivity index (χ2n) is 3.54. The van der Waals surface area contributed by atoms with Crippen molar-refractivity contribution in [2.45, 2.75) is 19.8 Å². The minimum atomic E-state index is 0.698. The van der Waals surface area contributed by atoms with Gasteiger partial charge in [-0.1, -0.05) is 0 Å². The number of halogens is 1. The van der Waals surface area contributed by atoms with Gasteiger partial charge in [-0.15, -0.1) is 21.8 Å². The summed E-state index contributed by atoms with van der Waals surface area (Å²) in [5, 5.41) is 11.3. The Morgan fingerprint density at radius 1 is 1.38 bits per heavy atom. The van der Waals surface area contributed by atoms with Crippen LogP contribution in [-0.2, 0) is 0 Å². The molecule has 1 N–H and O–H groups in total. The van der Waals surface area contributed by atoms with Crippen LogP contribution in [0.5, 0.6) is 0 Å². The Kier molecular flexibility index (Phi) is 3.56. The van der Waals surface area contributed by atoms with E-state index in [0.717, 1.165) is 36.7 Å². The van der Waals surface area contributed by atoms with E-state index < -0.39 is 0 Å². The zero-order valence-corrected chi connectivity index (χ0v) is 9.91. The molecule has 2 aromatic rings. The van der Waals surface area contributed by atoms with Crippen molar-refractivity contribution in [3.05, 3.63) is 18.2 Å². The van der Waals surface area contributed by atoms with Crippen molar-refractivity contribution in [1.29, 1.82) is 0 Å². The summed E-state index contributed by atoms with van der Waals surface area (Å²) in [5.74, 6) is 2.34. The summed E-state index contributed by atoms with van der Waals surface area (Å²) in [4.78, 5) is 4.25. The van der Waals surface area contributed by atoms with Crippen LogP contribution in [0.25, 0.3) is 5.65 Å². The highest BCUT2D eigenvalue weighted by Crippen LogP contribution is 2.11. The molecule has 5 nitrogen and oxygen atoms in total. The van der Waals surface area contributed by atoms with Gasteiger partial charge in [-0.2, -0.15) is 0 Å². The summed E-state index contributed by atoms with van der Waals surface area (Å²) < 4.78 is 1.91. The van der Waals surface area contributed by atoms with E-state index in [1.54, 1.807) is 6.20 Å². The van der Waals surface area contributed by atoms with Crippen molar-refractivity contribution >= 4 is 23.1 Å². The van der Waals surface area contributed by atoms with Crippen molar-refractivity contribution in [3.63, 3.8) is 0 Å². The third-order valence-electron chi connectivity index (χ3n) is 2.35. The Hall–Kier alpha value is -1.36. The number of fused-ring (bicyclic) bond motifs is 1. The lowest BCUT2D eigenvalue weighted by atomic mass is 10.3. The average Bonchev–Trinajstić information content (AvgIpc) is 2.68. The predicted octanol–water partition coefficient (Wildman–Crippen LogP) is 1.86. The molecule has 2 aromatic heterocycles. The number of hydrogen-bond donors (Lipinski definition) is 1. The molecule has 0 saturated heterocycles. The van der Waals surface area contributed by atoms with Gasteiger partial charge < -0.3 is 5.32 Å². The number of rotatable bonds is 5. The van der Waals surface area contributed by atoms with Gasteiger partial charge in [0.05, 0.1) is 0 Å². The highest BCUT2D eigenvalue weighted by atomic mass is 35.5. The molecule has 0 fully saturated rings. The molecule has 0 spiro atoms. The number of aromatic nitrogens is 4. The number of nitrogens with one attached hydrogen (secondary N) is 1. The normalized spacial score (nSPS) is 10.9. The molecule has 0 bridgehead atoms. The SMILES string of the molecule is Cc1nnc2c(NCCCCCl)nccn12. The van der Waals surface area contributed by atoms with Gasteiger partial charge in [0.1, 0.15) is 5.82 Å². The van der Waals surface area contributed by atoms with Crippen molar-refractivity contribution in [3.8, 4) is 0 Å². The van der Waals surface area contributed by atoms with Crippen LogP contribution >= 0.6 is 11.6 Å². The highest BCUT2D eigenvalue weighted by Gasteiger charge is 2.06. The van der Waals surface area contributed by atoms with E-state index in [9.17, 15) is 0 Å². The maximum absolute atomic E-state index is 5.61. The van der Waals surface area contributed by atoms with E-state index >= 15 is 0 Å². The maximum atomic E-state index is 5.61. The molecule has 0 amide bonds. The van der Waals surface area contributed by atoms with Crippen molar-refractivity contribution in [2.75, 3.05) is 17.7 Å². The van der Waals surface area contributed by atoms with E-state index in [2.05, 4.69) is 20.5 Å². The molecule has 16 heavy (non-hydrogen) atoms. The van der Waals surface area contributed by atoms with E-state index in [1.165, 1.54) is 0 Å². The lowest BCUT2D eigenvalue weighted by Crippen LogP contribution is -2.05. The van der Waals surface area contributed by atoms with Crippen molar-refractivity contribution < 1.29 is 0 Å². The predicted molar refractivity (Wildman–Crippen MR) is 64.0 cm³/mol. The number of alkyl halides is 1. The summed E-state index contributed by atoms with van der Waals surface area (Å²) in [6.45, 7) is 2.77. The monoisotopic (exact) mass is 239 g/mol. The highest BCUT2D eigenvalue weighted by molar-refractivity contribution is 6.17. The molecule has 0 radical (unpaired) electrons. The topological polar surface area (TPSA) is 55.1 Å². The van der Waals surface area contributed by atoms with Gasteiger partial charge in [0, 0.05) is 24.8 Å². The van der Waals surface area contributed by atoms with Crippen LogP contribution < -0.4 is 5.32 Å². The van der Waals surface area contributed by atoms with Crippen LogP contribution in [0.1, 0.15) is 18.7 Å². The Balaban J connectivity index is 2.11. The van der Waals surface area contributed by atoms with E-state index in [4.69, 9.17) is 11.6 Å². The number of nitrogens with zero attached hydrogens (tertiary/aromatic N) is 4. The molecule has 2 heterocycles. The minimum absolute atomic E-state index is 0.698. The van der Waals surface area contributed by atoms with E-state index in [-0.39, 0.29) is 0 Å². The molecule has 6 heteroatoms. The minimum Gasteiger partial charge on any atom is -0.367 e. The van der Waals surface area contributed by atoms with Crippen LogP contribution in [0.2, 0.25) is 0 Å². The van der Waals surface area contributed by atoms with Crippen LogP contribution in [0.15, 0.2) is 12.4 Å². The summed E-state index contributed by atoms with van der Waals surface area (Å²) in [5.41, 5.74) is 0.769. The molecule has 0 aliphatic carbocycles. The van der Waals surface area contributed by atoms with Crippen LogP contribution in [0.3, 0.4) is 0 Å². The van der Waals surface area contributed by atoms with Gasteiger partial charge in [-0.25, -0.2) is 4.98 Å². The largest absolute Gasteiger partial charge is 0.367 e. The number of hydrogen-bond acceptors (Lipinski definition) is 4. The molecular weight excluding hydrogens is 226 g/mol. The standard InChI is InChI=1S/C10H14ClN5/c1-8-14-15-10-9(12-5-3-2-4-11)13-6-7-16(8)10/h6-7H,2-5H2,1H3,(H,12,13). The van der Waals surface area contributed by atoms with Gasteiger partial charge in [0.15, 0.2) is 5.82 Å². The molecule has 86 valence electrons. The van der Waals surface area contributed by atoms with Crippen molar-refractivity contribution in [1.82, 2.24) is 19.6 Å². The first-order valence-corrected chi connectivity index (χ1v) is 5.82. The number of aryl methyl sites for hydroxylation is 1. The molecule has 0 unspecified atom stereocenters. The summed E-state index contributed by atoms with van der Waals surface area (Å²) in [6, 6.07) is 0. The smallest absolute Gasteiger partial charge is 0.203 e. The van der Waals surface area contributed by atoms with Gasteiger partial charge in [-0.3, -0.25) is 4.40 Å². The molecule has 0 saturated carbocycles.